The van der Waals surface area contributed by atoms with Gasteiger partial charge in [-0.15, -0.1) is 0 Å². The molecule has 0 aromatic heterocycles. The standard InChI is InChI=1S/C34H38NO2PS2/c1-3-4-5-11-18-31(28-38(39,32-19-12-7-13-20-32)33-21-14-8-15-22-33)35(27-30-16-9-6-10-17-30)40(36,37)34-25-23-29(2)24-26-34/h6-10,12-26H,3-5,11,27-28H2,1-2H3/b31-18+. The van der Waals surface area contributed by atoms with Gasteiger partial charge in [0.1, 0.15) is 0 Å². The van der Waals surface area contributed by atoms with Gasteiger partial charge in [-0.2, -0.15) is 0 Å². The van der Waals surface area contributed by atoms with Crippen molar-refractivity contribution in [2.24, 2.45) is 0 Å². The normalized spacial score (nSPS) is 12.3. The fourth-order valence-corrected chi connectivity index (χ4v) is 10.2. The predicted molar refractivity (Wildman–Crippen MR) is 174 cm³/mol. The zero-order valence-electron chi connectivity index (χ0n) is 23.3. The summed E-state index contributed by atoms with van der Waals surface area (Å²) in [4.78, 5) is 0.293. The first-order valence-electron chi connectivity index (χ1n) is 13.9. The molecule has 0 radical (unpaired) electrons. The molecule has 0 spiro atoms. The number of hydrogen-bond acceptors (Lipinski definition) is 3. The Morgan fingerprint density at radius 3 is 1.82 bits per heavy atom. The number of unbranched alkanes of at least 4 members (excludes halogenated alkanes) is 3. The van der Waals surface area contributed by atoms with Crippen molar-refractivity contribution in [3.05, 3.63) is 138 Å². The number of allylic oxidation sites excluding steroid dienone is 2. The molecule has 0 saturated heterocycles. The average Bonchev–Trinajstić information content (AvgIpc) is 2.99. The summed E-state index contributed by atoms with van der Waals surface area (Å²) in [5.74, 6) is 0. The van der Waals surface area contributed by atoms with Gasteiger partial charge < -0.3 is 0 Å². The van der Waals surface area contributed by atoms with Gasteiger partial charge in [0.2, 0.25) is 0 Å². The van der Waals surface area contributed by atoms with Crippen LogP contribution in [0.15, 0.2) is 132 Å². The van der Waals surface area contributed by atoms with Crippen molar-refractivity contribution in [2.45, 2.75) is 51.0 Å². The van der Waals surface area contributed by atoms with Gasteiger partial charge in [-0.1, -0.05) is 146 Å². The zero-order valence-corrected chi connectivity index (χ0v) is 25.8. The van der Waals surface area contributed by atoms with Crippen LogP contribution >= 0.6 is 6.04 Å². The molecule has 4 rings (SSSR count). The molecular formula is C34H38NO2PS2. The van der Waals surface area contributed by atoms with Gasteiger partial charge in [0.15, 0.2) is 0 Å². The van der Waals surface area contributed by atoms with E-state index < -0.39 is 16.1 Å². The van der Waals surface area contributed by atoms with Crippen LogP contribution in [0.4, 0.5) is 0 Å². The van der Waals surface area contributed by atoms with Crippen LogP contribution in [0.5, 0.6) is 0 Å². The van der Waals surface area contributed by atoms with Crippen LogP contribution in [0, 0.1) is 6.92 Å². The van der Waals surface area contributed by atoms with Crippen LogP contribution in [0.25, 0.3) is 0 Å². The molecule has 4 aromatic rings. The molecule has 4 aromatic carbocycles. The monoisotopic (exact) mass is 587 g/mol. The fourth-order valence-electron chi connectivity index (χ4n) is 4.73. The quantitative estimate of drug-likeness (QED) is 0.118. The summed E-state index contributed by atoms with van der Waals surface area (Å²) in [6.07, 6.45) is 6.61. The molecule has 0 atom stereocenters. The van der Waals surface area contributed by atoms with E-state index in [2.05, 4.69) is 37.3 Å². The van der Waals surface area contributed by atoms with Gasteiger partial charge in [0.25, 0.3) is 10.0 Å². The van der Waals surface area contributed by atoms with Crippen LogP contribution < -0.4 is 10.6 Å². The van der Waals surface area contributed by atoms with Gasteiger partial charge in [-0.05, 0) is 48.1 Å². The second-order valence-electron chi connectivity index (χ2n) is 10.1. The lowest BCUT2D eigenvalue weighted by atomic mass is 10.2. The van der Waals surface area contributed by atoms with Crippen molar-refractivity contribution < 1.29 is 8.42 Å². The molecule has 6 heteroatoms. The van der Waals surface area contributed by atoms with Crippen molar-refractivity contribution in [1.29, 1.82) is 0 Å². The van der Waals surface area contributed by atoms with Crippen LogP contribution in [-0.4, -0.2) is 18.9 Å². The number of benzene rings is 4. The fraction of sp³-hybridized carbons (Fsp3) is 0.235. The lowest BCUT2D eigenvalue weighted by Crippen LogP contribution is -2.33. The Kier molecular flexibility index (Phi) is 10.6. The van der Waals surface area contributed by atoms with Crippen molar-refractivity contribution in [3.63, 3.8) is 0 Å². The lowest BCUT2D eigenvalue weighted by molar-refractivity contribution is 0.471. The Morgan fingerprint density at radius 1 is 0.775 bits per heavy atom. The van der Waals surface area contributed by atoms with E-state index in [0.717, 1.165) is 53.1 Å². The molecule has 0 N–H and O–H groups in total. The van der Waals surface area contributed by atoms with E-state index >= 15 is 0 Å². The molecule has 0 aliphatic rings. The predicted octanol–water partition coefficient (Wildman–Crippen LogP) is 7.78. The second kappa shape index (κ2) is 14.1. The highest BCUT2D eigenvalue weighted by atomic mass is 32.4. The van der Waals surface area contributed by atoms with Gasteiger partial charge in [0, 0.05) is 17.9 Å². The summed E-state index contributed by atoms with van der Waals surface area (Å²) in [6.45, 7) is 4.39. The first-order chi connectivity index (χ1) is 19.3. The first kappa shape index (κ1) is 30.0. The van der Waals surface area contributed by atoms with E-state index in [9.17, 15) is 8.42 Å². The van der Waals surface area contributed by atoms with E-state index in [1.807, 2.05) is 85.8 Å². The largest absolute Gasteiger partial charge is 0.266 e. The van der Waals surface area contributed by atoms with Gasteiger partial charge in [-0.3, -0.25) is 4.31 Å². The molecule has 0 amide bonds. The summed E-state index contributed by atoms with van der Waals surface area (Å²) >= 11 is 6.60. The maximum atomic E-state index is 14.4. The highest BCUT2D eigenvalue weighted by Crippen LogP contribution is 2.47. The third-order valence-electron chi connectivity index (χ3n) is 7.02. The van der Waals surface area contributed by atoms with Crippen LogP contribution in [-0.2, 0) is 28.4 Å². The number of hydrogen-bond donors (Lipinski definition) is 0. The maximum Gasteiger partial charge on any atom is 0.264 e. The Labute approximate surface area is 245 Å². The van der Waals surface area contributed by atoms with Crippen molar-refractivity contribution in [3.8, 4) is 0 Å². The number of sulfonamides is 1. The third-order valence-corrected chi connectivity index (χ3v) is 13.5. The smallest absolute Gasteiger partial charge is 0.264 e. The first-order valence-corrected chi connectivity index (χ1v) is 18.3. The second-order valence-corrected chi connectivity index (χ2v) is 16.6. The summed E-state index contributed by atoms with van der Waals surface area (Å²) in [5, 5.41) is 2.17. The molecule has 0 unspecified atom stereocenters. The zero-order chi connectivity index (χ0) is 28.4. The highest BCUT2D eigenvalue weighted by Gasteiger charge is 2.32. The minimum absolute atomic E-state index is 0.246. The van der Waals surface area contributed by atoms with Gasteiger partial charge in [-0.25, -0.2) is 8.42 Å². The van der Waals surface area contributed by atoms with Crippen molar-refractivity contribution in [2.75, 3.05) is 6.16 Å². The molecule has 0 bridgehead atoms. The van der Waals surface area contributed by atoms with Gasteiger partial charge in [0.05, 0.1) is 11.4 Å². The molecule has 0 fully saturated rings. The van der Waals surface area contributed by atoms with Crippen LogP contribution in [0.2, 0.25) is 0 Å². The van der Waals surface area contributed by atoms with Crippen LogP contribution in [0.3, 0.4) is 0 Å². The van der Waals surface area contributed by atoms with E-state index in [4.69, 9.17) is 11.8 Å². The number of aryl methyl sites for hydroxylation is 1. The SMILES string of the molecule is CCCCC/C=C(\CP(=S)(c1ccccc1)c1ccccc1)N(Cc1ccccc1)S(=O)(=O)c1ccc(C)cc1. The summed E-state index contributed by atoms with van der Waals surface area (Å²) in [6, 6.07) is 35.0. The molecule has 0 saturated carbocycles. The Hall–Kier alpha value is -2.98. The Balaban J connectivity index is 1.88. The maximum absolute atomic E-state index is 14.4. The van der Waals surface area contributed by atoms with Crippen molar-refractivity contribution in [1.82, 2.24) is 4.31 Å². The molecule has 208 valence electrons. The third kappa shape index (κ3) is 7.40. The van der Waals surface area contributed by atoms with E-state index in [1.54, 1.807) is 16.4 Å². The molecule has 0 aliphatic heterocycles. The van der Waals surface area contributed by atoms with Crippen molar-refractivity contribution >= 4 is 38.5 Å². The molecule has 40 heavy (non-hydrogen) atoms. The molecule has 0 aliphatic carbocycles. The molecule has 3 nitrogen and oxygen atoms in total. The van der Waals surface area contributed by atoms with Gasteiger partial charge >= 0.3 is 0 Å². The summed E-state index contributed by atoms with van der Waals surface area (Å²) < 4.78 is 30.4. The Bertz CT molecular complexity index is 1490. The lowest BCUT2D eigenvalue weighted by Gasteiger charge is -2.32. The van der Waals surface area contributed by atoms with E-state index in [0.29, 0.717) is 11.1 Å². The van der Waals surface area contributed by atoms with E-state index in [-0.39, 0.29) is 6.54 Å². The number of nitrogens with zero attached hydrogens (tertiary/aromatic N) is 1. The summed E-state index contributed by atoms with van der Waals surface area (Å²) in [5.41, 5.74) is 2.73. The highest BCUT2D eigenvalue weighted by molar-refractivity contribution is 8.22. The van der Waals surface area contributed by atoms with E-state index in [1.165, 1.54) is 0 Å². The number of rotatable bonds is 13. The molecular weight excluding hydrogens is 549 g/mol. The molecule has 0 heterocycles. The topological polar surface area (TPSA) is 37.4 Å². The summed E-state index contributed by atoms with van der Waals surface area (Å²) in [7, 11) is -3.86. The average molecular weight is 588 g/mol. The van der Waals surface area contributed by atoms with Crippen LogP contribution in [0.1, 0.15) is 43.7 Å². The Morgan fingerprint density at radius 2 is 1.30 bits per heavy atom. The minimum atomic E-state index is -3.86. The minimum Gasteiger partial charge on any atom is -0.266 e.